The van der Waals surface area contributed by atoms with E-state index < -0.39 is 18.0 Å². The first-order chi connectivity index (χ1) is 10.1. The molecule has 21 heavy (non-hydrogen) atoms. The van der Waals surface area contributed by atoms with Crippen molar-refractivity contribution in [3.8, 4) is 0 Å². The molecule has 3 N–H and O–H groups in total. The highest BCUT2D eigenvalue weighted by Gasteiger charge is 2.30. The van der Waals surface area contributed by atoms with Gasteiger partial charge in [-0.1, -0.05) is 36.4 Å². The fourth-order valence-electron chi connectivity index (χ4n) is 2.61. The van der Waals surface area contributed by atoms with Crippen molar-refractivity contribution < 1.29 is 14.7 Å². The second-order valence-electron chi connectivity index (χ2n) is 4.98. The number of nitrogens with one attached hydrogen (secondary N) is 2. The second-order valence-corrected chi connectivity index (χ2v) is 4.98. The van der Waals surface area contributed by atoms with Gasteiger partial charge in [-0.15, -0.1) is 0 Å². The number of carbonyl (C=O) groups is 2. The van der Waals surface area contributed by atoms with E-state index in [-0.39, 0.29) is 5.57 Å². The van der Waals surface area contributed by atoms with Gasteiger partial charge in [0.2, 0.25) is 0 Å². The number of hydrogen-bond donors (Lipinski definition) is 3. The second kappa shape index (κ2) is 4.94. The van der Waals surface area contributed by atoms with Crippen molar-refractivity contribution in [2.24, 2.45) is 0 Å². The predicted octanol–water partition coefficient (Wildman–Crippen LogP) is 2.55. The van der Waals surface area contributed by atoms with Crippen LogP contribution in [-0.2, 0) is 4.79 Å². The van der Waals surface area contributed by atoms with Crippen molar-refractivity contribution in [3.63, 3.8) is 0 Å². The fourth-order valence-corrected chi connectivity index (χ4v) is 2.61. The summed E-state index contributed by atoms with van der Waals surface area (Å²) in [6.07, 6.45) is 0. The summed E-state index contributed by atoms with van der Waals surface area (Å²) in [5, 5.41) is 16.6. The fraction of sp³-hybridized carbons (Fsp3) is 0.125. The van der Waals surface area contributed by atoms with Gasteiger partial charge in [-0.3, -0.25) is 0 Å². The largest absolute Gasteiger partial charge is 0.478 e. The number of allylic oxidation sites excluding steroid dienone is 1. The van der Waals surface area contributed by atoms with Crippen LogP contribution in [0.15, 0.2) is 53.7 Å². The minimum atomic E-state index is -1.04. The van der Waals surface area contributed by atoms with Gasteiger partial charge in [0.05, 0.1) is 11.6 Å². The standard InChI is InChI=1S/C16H14N2O3/c1-9-13(15(19)20)14(18-16(21)17-9)12-7-6-10-4-2-3-5-11(10)8-12/h2-8,14H,1H3,(H,19,20)(H2,17,18,21)/t14-/m0/s1. The summed E-state index contributed by atoms with van der Waals surface area (Å²) in [4.78, 5) is 23.1. The highest BCUT2D eigenvalue weighted by atomic mass is 16.4. The Morgan fingerprint density at radius 3 is 2.57 bits per heavy atom. The van der Waals surface area contributed by atoms with Crippen molar-refractivity contribution in [3.05, 3.63) is 59.3 Å². The first-order valence-corrected chi connectivity index (χ1v) is 6.56. The number of carboxylic acid groups (broad SMARTS) is 1. The summed E-state index contributed by atoms with van der Waals surface area (Å²) >= 11 is 0. The molecule has 0 radical (unpaired) electrons. The van der Waals surface area contributed by atoms with Crippen LogP contribution in [0.3, 0.4) is 0 Å². The van der Waals surface area contributed by atoms with E-state index in [2.05, 4.69) is 10.6 Å². The molecule has 0 saturated heterocycles. The molecule has 0 fully saturated rings. The maximum Gasteiger partial charge on any atom is 0.335 e. The number of rotatable bonds is 2. The van der Waals surface area contributed by atoms with Gasteiger partial charge in [-0.25, -0.2) is 9.59 Å². The highest BCUT2D eigenvalue weighted by Crippen LogP contribution is 2.28. The number of hydrogen-bond acceptors (Lipinski definition) is 2. The van der Waals surface area contributed by atoms with E-state index in [1.807, 2.05) is 42.5 Å². The minimum Gasteiger partial charge on any atom is -0.478 e. The molecule has 0 aromatic heterocycles. The molecule has 0 unspecified atom stereocenters. The van der Waals surface area contributed by atoms with E-state index in [9.17, 15) is 14.7 Å². The highest BCUT2D eigenvalue weighted by molar-refractivity contribution is 5.94. The lowest BCUT2D eigenvalue weighted by Crippen LogP contribution is -2.45. The lowest BCUT2D eigenvalue weighted by Gasteiger charge is -2.27. The van der Waals surface area contributed by atoms with Crippen molar-refractivity contribution in [2.75, 3.05) is 0 Å². The van der Waals surface area contributed by atoms with Gasteiger partial charge in [0, 0.05) is 5.70 Å². The Balaban J connectivity index is 2.13. The van der Waals surface area contributed by atoms with Crippen LogP contribution in [-0.4, -0.2) is 17.1 Å². The maximum absolute atomic E-state index is 11.6. The van der Waals surface area contributed by atoms with Crippen molar-refractivity contribution in [1.82, 2.24) is 10.6 Å². The molecule has 5 heteroatoms. The molecule has 0 bridgehead atoms. The SMILES string of the molecule is CC1=C(C(=O)O)[C@H](c2ccc3ccccc3c2)NC(=O)N1. The van der Waals surface area contributed by atoms with Crippen LogP contribution in [0.1, 0.15) is 18.5 Å². The lowest BCUT2D eigenvalue weighted by atomic mass is 9.94. The zero-order valence-electron chi connectivity index (χ0n) is 11.4. The smallest absolute Gasteiger partial charge is 0.335 e. The average molecular weight is 282 g/mol. The Hall–Kier alpha value is -2.82. The third kappa shape index (κ3) is 2.33. The van der Waals surface area contributed by atoms with Gasteiger partial charge in [0.25, 0.3) is 0 Å². The van der Waals surface area contributed by atoms with Crippen molar-refractivity contribution in [2.45, 2.75) is 13.0 Å². The van der Waals surface area contributed by atoms with Crippen LogP contribution in [0.4, 0.5) is 4.79 Å². The number of benzene rings is 2. The number of carbonyl (C=O) groups excluding carboxylic acids is 1. The number of amides is 2. The third-order valence-electron chi connectivity index (χ3n) is 3.61. The summed E-state index contributed by atoms with van der Waals surface area (Å²) in [5.74, 6) is -1.04. The minimum absolute atomic E-state index is 0.157. The molecule has 1 atom stereocenters. The lowest BCUT2D eigenvalue weighted by molar-refractivity contribution is -0.133. The van der Waals surface area contributed by atoms with Gasteiger partial charge >= 0.3 is 12.0 Å². The molecule has 5 nitrogen and oxygen atoms in total. The molecule has 0 aliphatic carbocycles. The Bertz CT molecular complexity index is 780. The summed E-state index contributed by atoms with van der Waals surface area (Å²) in [7, 11) is 0. The topological polar surface area (TPSA) is 78.4 Å². The van der Waals surface area contributed by atoms with Crippen LogP contribution in [0, 0.1) is 0 Å². The van der Waals surface area contributed by atoms with Gasteiger partial charge in [0.15, 0.2) is 0 Å². The van der Waals surface area contributed by atoms with E-state index in [1.54, 1.807) is 6.92 Å². The van der Waals surface area contributed by atoms with Crippen molar-refractivity contribution >= 4 is 22.8 Å². The van der Waals surface area contributed by atoms with Crippen LogP contribution in [0.5, 0.6) is 0 Å². The summed E-state index contributed by atoms with van der Waals surface area (Å²) in [5.41, 5.74) is 1.27. The Kier molecular flexibility index (Phi) is 3.10. The molecule has 2 amide bonds. The van der Waals surface area contributed by atoms with Crippen molar-refractivity contribution in [1.29, 1.82) is 0 Å². The van der Waals surface area contributed by atoms with Gasteiger partial charge in [-0.2, -0.15) is 0 Å². The molecule has 2 aromatic carbocycles. The monoisotopic (exact) mass is 282 g/mol. The Morgan fingerprint density at radius 2 is 1.86 bits per heavy atom. The zero-order valence-corrected chi connectivity index (χ0v) is 11.4. The summed E-state index contributed by atoms with van der Waals surface area (Å²) in [6, 6.07) is 12.4. The molecule has 1 aliphatic rings. The van der Waals surface area contributed by atoms with E-state index >= 15 is 0 Å². The molecule has 1 heterocycles. The molecular weight excluding hydrogens is 268 g/mol. The normalized spacial score (nSPS) is 18.3. The molecule has 106 valence electrons. The van der Waals surface area contributed by atoms with Gasteiger partial charge < -0.3 is 15.7 Å². The van der Waals surface area contributed by atoms with Crippen LogP contribution in [0.25, 0.3) is 10.8 Å². The molecule has 0 saturated carbocycles. The third-order valence-corrected chi connectivity index (χ3v) is 3.61. The first kappa shape index (κ1) is 13.2. The number of carboxylic acids is 1. The zero-order chi connectivity index (χ0) is 15.0. The van der Waals surface area contributed by atoms with E-state index in [1.165, 1.54) is 0 Å². The summed E-state index contributed by atoms with van der Waals surface area (Å²) < 4.78 is 0. The van der Waals surface area contributed by atoms with E-state index in [0.717, 1.165) is 16.3 Å². The molecular formula is C16H14N2O3. The first-order valence-electron chi connectivity index (χ1n) is 6.56. The average Bonchev–Trinajstić information content (AvgIpc) is 2.45. The predicted molar refractivity (Wildman–Crippen MR) is 78.7 cm³/mol. The van der Waals surface area contributed by atoms with E-state index in [4.69, 9.17) is 0 Å². The number of aliphatic carboxylic acids is 1. The Morgan fingerprint density at radius 1 is 1.14 bits per heavy atom. The van der Waals surface area contributed by atoms with Crippen LogP contribution >= 0.6 is 0 Å². The number of fused-ring (bicyclic) bond motifs is 1. The molecule has 0 spiro atoms. The molecule has 3 rings (SSSR count). The summed E-state index contributed by atoms with van der Waals surface area (Å²) in [6.45, 7) is 1.59. The Labute approximate surface area is 121 Å². The maximum atomic E-state index is 11.6. The number of urea groups is 1. The molecule has 2 aromatic rings. The van der Waals surface area contributed by atoms with E-state index in [0.29, 0.717) is 5.70 Å². The van der Waals surface area contributed by atoms with Crippen LogP contribution < -0.4 is 10.6 Å². The van der Waals surface area contributed by atoms with Gasteiger partial charge in [0.1, 0.15) is 0 Å². The van der Waals surface area contributed by atoms with Crippen LogP contribution in [0.2, 0.25) is 0 Å². The quantitative estimate of drug-likeness (QED) is 0.792. The molecule has 1 aliphatic heterocycles. The van der Waals surface area contributed by atoms with Gasteiger partial charge in [-0.05, 0) is 29.3 Å².